The first-order valence-corrected chi connectivity index (χ1v) is 10.8. The summed E-state index contributed by atoms with van der Waals surface area (Å²) in [4.78, 5) is 26.7. The maximum Gasteiger partial charge on any atom is 0.227 e. The minimum absolute atomic E-state index is 0.0525. The second kappa shape index (κ2) is 9.73. The molecule has 2 amide bonds. The van der Waals surface area contributed by atoms with Crippen molar-refractivity contribution >= 4 is 17.5 Å². The summed E-state index contributed by atoms with van der Waals surface area (Å²) < 4.78 is 16.8. The van der Waals surface area contributed by atoms with Crippen LogP contribution in [-0.4, -0.2) is 44.7 Å². The summed E-state index contributed by atoms with van der Waals surface area (Å²) in [6.07, 6.45) is 1.89. The lowest BCUT2D eigenvalue weighted by Gasteiger charge is -2.22. The Morgan fingerprint density at radius 1 is 1.10 bits per heavy atom. The van der Waals surface area contributed by atoms with Crippen molar-refractivity contribution in [2.45, 2.75) is 26.2 Å². The highest BCUT2D eigenvalue weighted by Crippen LogP contribution is 2.35. The summed E-state index contributed by atoms with van der Waals surface area (Å²) >= 11 is 0. The normalized spacial score (nSPS) is 17.5. The van der Waals surface area contributed by atoms with E-state index >= 15 is 0 Å². The Kier molecular flexibility index (Phi) is 6.60. The summed E-state index contributed by atoms with van der Waals surface area (Å²) in [5.74, 6) is 1.71. The molecule has 2 aromatic carbocycles. The topological polar surface area (TPSA) is 77.1 Å². The third-order valence-electron chi connectivity index (χ3n) is 5.49. The highest BCUT2D eigenvalue weighted by atomic mass is 16.6. The first kappa shape index (κ1) is 21.0. The van der Waals surface area contributed by atoms with E-state index in [1.165, 1.54) is 5.56 Å². The van der Waals surface area contributed by atoms with Gasteiger partial charge in [-0.05, 0) is 44.0 Å². The Hall–Kier alpha value is -3.22. The number of anilines is 1. The summed E-state index contributed by atoms with van der Waals surface area (Å²) in [6, 6.07) is 13.4. The van der Waals surface area contributed by atoms with Crippen molar-refractivity contribution in [1.29, 1.82) is 0 Å². The Morgan fingerprint density at radius 2 is 1.87 bits per heavy atom. The number of rotatable bonds is 8. The molecule has 0 radical (unpaired) electrons. The smallest absolute Gasteiger partial charge is 0.227 e. The predicted molar refractivity (Wildman–Crippen MR) is 117 cm³/mol. The highest BCUT2D eigenvalue weighted by Gasteiger charge is 2.35. The van der Waals surface area contributed by atoms with Gasteiger partial charge in [0, 0.05) is 31.3 Å². The second-order valence-corrected chi connectivity index (χ2v) is 7.89. The molecule has 4 rings (SSSR count). The van der Waals surface area contributed by atoms with Crippen molar-refractivity contribution in [3.63, 3.8) is 0 Å². The van der Waals surface area contributed by atoms with Gasteiger partial charge in [-0.15, -0.1) is 0 Å². The molecule has 0 aliphatic carbocycles. The third kappa shape index (κ3) is 5.29. The van der Waals surface area contributed by atoms with Gasteiger partial charge in [-0.3, -0.25) is 9.59 Å². The molecule has 164 valence electrons. The van der Waals surface area contributed by atoms with Crippen molar-refractivity contribution in [3.8, 4) is 17.2 Å². The van der Waals surface area contributed by atoms with Crippen LogP contribution in [0, 0.1) is 12.8 Å². The lowest BCUT2D eigenvalue weighted by molar-refractivity contribution is -0.126. The molecule has 2 aromatic rings. The van der Waals surface area contributed by atoms with E-state index in [0.717, 1.165) is 24.3 Å². The van der Waals surface area contributed by atoms with Gasteiger partial charge in [0.15, 0.2) is 11.5 Å². The van der Waals surface area contributed by atoms with Gasteiger partial charge < -0.3 is 24.4 Å². The molecule has 2 aliphatic heterocycles. The molecule has 1 unspecified atom stereocenters. The van der Waals surface area contributed by atoms with Gasteiger partial charge in [-0.25, -0.2) is 0 Å². The standard InChI is InChI=1S/C24H28N2O5/c1-17-4-7-20(8-5-17)29-11-3-2-10-25-24(28)18-14-23(27)26(16-18)19-6-9-21-22(15-19)31-13-12-30-21/h4-9,15,18H,2-3,10-14,16H2,1H3,(H,25,28). The van der Waals surface area contributed by atoms with Crippen LogP contribution < -0.4 is 24.4 Å². The quantitative estimate of drug-likeness (QED) is 0.659. The zero-order valence-electron chi connectivity index (χ0n) is 17.8. The second-order valence-electron chi connectivity index (χ2n) is 7.89. The van der Waals surface area contributed by atoms with Gasteiger partial charge in [0.05, 0.1) is 12.5 Å². The molecule has 31 heavy (non-hydrogen) atoms. The Bertz CT molecular complexity index is 928. The third-order valence-corrected chi connectivity index (χ3v) is 5.49. The van der Waals surface area contributed by atoms with E-state index < -0.39 is 0 Å². The van der Waals surface area contributed by atoms with Crippen molar-refractivity contribution in [3.05, 3.63) is 48.0 Å². The van der Waals surface area contributed by atoms with Gasteiger partial charge in [-0.2, -0.15) is 0 Å². The first-order chi connectivity index (χ1) is 15.1. The van der Waals surface area contributed by atoms with E-state index in [4.69, 9.17) is 14.2 Å². The summed E-state index contributed by atoms with van der Waals surface area (Å²) in [6.45, 7) is 4.62. The van der Waals surface area contributed by atoms with Crippen LogP contribution in [0.1, 0.15) is 24.8 Å². The van der Waals surface area contributed by atoms with E-state index in [2.05, 4.69) is 5.32 Å². The Labute approximate surface area is 182 Å². The lowest BCUT2D eigenvalue weighted by Crippen LogP contribution is -2.33. The number of unbranched alkanes of at least 4 members (excludes halogenated alkanes) is 1. The minimum atomic E-state index is -0.343. The van der Waals surface area contributed by atoms with Crippen LogP contribution in [0.15, 0.2) is 42.5 Å². The lowest BCUT2D eigenvalue weighted by atomic mass is 10.1. The predicted octanol–water partition coefficient (Wildman–Crippen LogP) is 3.09. The van der Waals surface area contributed by atoms with Gasteiger partial charge in [-0.1, -0.05) is 17.7 Å². The average Bonchev–Trinajstić information content (AvgIpc) is 3.18. The summed E-state index contributed by atoms with van der Waals surface area (Å²) in [5, 5.41) is 2.96. The largest absolute Gasteiger partial charge is 0.494 e. The molecule has 7 heteroatoms. The fraction of sp³-hybridized carbons (Fsp3) is 0.417. The number of ether oxygens (including phenoxy) is 3. The van der Waals surface area contributed by atoms with Crippen LogP contribution in [-0.2, 0) is 9.59 Å². The molecular weight excluding hydrogens is 396 g/mol. The average molecular weight is 424 g/mol. The van der Waals surface area contributed by atoms with Crippen LogP contribution >= 0.6 is 0 Å². The van der Waals surface area contributed by atoms with E-state index in [0.29, 0.717) is 44.4 Å². The molecule has 1 saturated heterocycles. The Balaban J connectivity index is 1.19. The van der Waals surface area contributed by atoms with E-state index in [1.54, 1.807) is 11.0 Å². The molecular formula is C24H28N2O5. The molecule has 7 nitrogen and oxygen atoms in total. The number of hydrogen-bond acceptors (Lipinski definition) is 5. The maximum atomic E-state index is 12.5. The number of fused-ring (bicyclic) bond motifs is 1. The van der Waals surface area contributed by atoms with Crippen molar-refractivity contribution < 1.29 is 23.8 Å². The van der Waals surface area contributed by atoms with E-state index in [-0.39, 0.29) is 24.2 Å². The van der Waals surface area contributed by atoms with Gasteiger partial charge in [0.25, 0.3) is 0 Å². The first-order valence-electron chi connectivity index (χ1n) is 10.8. The van der Waals surface area contributed by atoms with Crippen LogP contribution in [0.2, 0.25) is 0 Å². The van der Waals surface area contributed by atoms with Crippen LogP contribution in [0.25, 0.3) is 0 Å². The molecule has 1 atom stereocenters. The number of benzene rings is 2. The molecule has 1 N–H and O–H groups in total. The Morgan fingerprint density at radius 3 is 2.68 bits per heavy atom. The summed E-state index contributed by atoms with van der Waals surface area (Å²) in [7, 11) is 0. The number of carbonyl (C=O) groups is 2. The van der Waals surface area contributed by atoms with Gasteiger partial charge in [0.2, 0.25) is 11.8 Å². The molecule has 0 bridgehead atoms. The number of amides is 2. The zero-order chi connectivity index (χ0) is 21.6. The monoisotopic (exact) mass is 424 g/mol. The number of carbonyl (C=O) groups excluding carboxylic acids is 2. The highest BCUT2D eigenvalue weighted by molar-refractivity contribution is 6.00. The number of nitrogens with zero attached hydrogens (tertiary/aromatic N) is 1. The molecule has 2 aliphatic rings. The van der Waals surface area contributed by atoms with Crippen molar-refractivity contribution in [2.75, 3.05) is 37.8 Å². The minimum Gasteiger partial charge on any atom is -0.494 e. The molecule has 0 aromatic heterocycles. The van der Waals surface area contributed by atoms with Crippen LogP contribution in [0.3, 0.4) is 0 Å². The van der Waals surface area contributed by atoms with Crippen LogP contribution in [0.4, 0.5) is 5.69 Å². The number of aryl methyl sites for hydroxylation is 1. The fourth-order valence-corrected chi connectivity index (χ4v) is 3.74. The van der Waals surface area contributed by atoms with E-state index in [1.807, 2.05) is 43.3 Å². The van der Waals surface area contributed by atoms with Gasteiger partial charge >= 0.3 is 0 Å². The van der Waals surface area contributed by atoms with Gasteiger partial charge in [0.1, 0.15) is 19.0 Å². The molecule has 0 spiro atoms. The zero-order valence-corrected chi connectivity index (χ0v) is 17.8. The molecule has 1 fully saturated rings. The molecule has 2 heterocycles. The van der Waals surface area contributed by atoms with Crippen LogP contribution in [0.5, 0.6) is 17.2 Å². The molecule has 0 saturated carbocycles. The SMILES string of the molecule is Cc1ccc(OCCCCNC(=O)C2CC(=O)N(c3ccc4c(c3)OCCO4)C2)cc1. The van der Waals surface area contributed by atoms with E-state index in [9.17, 15) is 9.59 Å². The van der Waals surface area contributed by atoms with Crippen molar-refractivity contribution in [1.82, 2.24) is 5.32 Å². The number of hydrogen-bond donors (Lipinski definition) is 1. The summed E-state index contributed by atoms with van der Waals surface area (Å²) in [5.41, 5.74) is 1.94. The van der Waals surface area contributed by atoms with Crippen molar-refractivity contribution in [2.24, 2.45) is 5.92 Å². The fourth-order valence-electron chi connectivity index (χ4n) is 3.74. The number of nitrogens with one attached hydrogen (secondary N) is 1. The maximum absolute atomic E-state index is 12.5.